The van der Waals surface area contributed by atoms with Crippen molar-refractivity contribution >= 4 is 32.8 Å². The Morgan fingerprint density at radius 1 is 0.952 bits per heavy atom. The highest BCUT2D eigenvalue weighted by Gasteiger charge is 2.18. The molecule has 3 heteroatoms. The quantitative estimate of drug-likeness (QED) is 0.393. The van der Waals surface area contributed by atoms with Gasteiger partial charge in [0, 0.05) is 17.9 Å². The van der Waals surface area contributed by atoms with E-state index in [-0.39, 0.29) is 24.0 Å². The third-order valence-electron chi connectivity index (χ3n) is 3.95. The minimum Gasteiger partial charge on any atom is -1.00 e. The smallest absolute Gasteiger partial charge is 0.238 e. The summed E-state index contributed by atoms with van der Waals surface area (Å²) in [5.74, 6) is 0. The number of hydrogen-bond donors (Lipinski definition) is 1. The van der Waals surface area contributed by atoms with Gasteiger partial charge in [-0.1, -0.05) is 31.2 Å². The third-order valence-corrected chi connectivity index (χ3v) is 3.95. The molecule has 0 radical (unpaired) electrons. The number of aromatic amines is 1. The lowest BCUT2D eigenvalue weighted by atomic mass is 10.1. The van der Waals surface area contributed by atoms with Crippen LogP contribution in [0.3, 0.4) is 0 Å². The molecule has 1 N–H and O–H groups in total. The average molecular weight is 388 g/mol. The highest BCUT2D eigenvalue weighted by molar-refractivity contribution is 6.05. The predicted molar refractivity (Wildman–Crippen MR) is 83.8 cm³/mol. The number of hydrogen-bond acceptors (Lipinski definition) is 0. The first-order valence-corrected chi connectivity index (χ1v) is 7.20. The topological polar surface area (TPSA) is 19.7 Å². The summed E-state index contributed by atoms with van der Waals surface area (Å²) in [6.45, 7) is 3.27. The van der Waals surface area contributed by atoms with Gasteiger partial charge in [-0.15, -0.1) is 0 Å². The van der Waals surface area contributed by atoms with Crippen LogP contribution in [0.1, 0.15) is 13.3 Å². The van der Waals surface area contributed by atoms with E-state index in [0.29, 0.717) is 0 Å². The molecule has 0 aliphatic carbocycles. The summed E-state index contributed by atoms with van der Waals surface area (Å²) in [7, 11) is 0. The molecule has 0 aliphatic rings. The molecule has 0 aliphatic heterocycles. The summed E-state index contributed by atoms with van der Waals surface area (Å²) in [4.78, 5) is 3.55. The number of fused-ring (bicyclic) bond motifs is 4. The van der Waals surface area contributed by atoms with Gasteiger partial charge in [-0.05, 0) is 24.3 Å². The normalized spacial score (nSPS) is 11.1. The zero-order valence-electron chi connectivity index (χ0n) is 11.9. The van der Waals surface area contributed by atoms with E-state index in [2.05, 4.69) is 71.1 Å². The van der Waals surface area contributed by atoms with Crippen molar-refractivity contribution in [3.8, 4) is 0 Å². The largest absolute Gasteiger partial charge is 1.00 e. The van der Waals surface area contributed by atoms with Gasteiger partial charge in [0.25, 0.3) is 0 Å². The monoisotopic (exact) mass is 388 g/mol. The maximum Gasteiger partial charge on any atom is 0.238 e. The van der Waals surface area contributed by atoms with Crippen LogP contribution in [0.5, 0.6) is 0 Å². The Kier molecular flexibility index (Phi) is 3.85. The van der Waals surface area contributed by atoms with E-state index in [4.69, 9.17) is 0 Å². The maximum atomic E-state index is 3.55. The van der Waals surface area contributed by atoms with E-state index in [0.717, 1.165) is 13.0 Å². The second-order valence-electron chi connectivity index (χ2n) is 5.29. The molecule has 21 heavy (non-hydrogen) atoms. The summed E-state index contributed by atoms with van der Waals surface area (Å²) in [6, 6.07) is 19.4. The molecule has 4 rings (SSSR count). The molecule has 2 heterocycles. The Bertz CT molecular complexity index is 924. The zero-order valence-corrected chi connectivity index (χ0v) is 14.1. The van der Waals surface area contributed by atoms with Crippen molar-refractivity contribution in [3.05, 3.63) is 54.6 Å². The highest BCUT2D eigenvalue weighted by atomic mass is 127. The van der Waals surface area contributed by atoms with Crippen molar-refractivity contribution < 1.29 is 28.5 Å². The number of benzene rings is 2. The number of nitrogens with zero attached hydrogens (tertiary/aromatic N) is 1. The molecule has 4 aromatic rings. The van der Waals surface area contributed by atoms with Crippen LogP contribution < -0.4 is 28.5 Å². The molecule has 0 fully saturated rings. The van der Waals surface area contributed by atoms with Crippen LogP contribution in [0.2, 0.25) is 0 Å². The van der Waals surface area contributed by atoms with Gasteiger partial charge in [-0.25, -0.2) is 0 Å². The second-order valence-corrected chi connectivity index (χ2v) is 5.29. The molecule has 0 saturated heterocycles. The van der Waals surface area contributed by atoms with Crippen LogP contribution >= 0.6 is 0 Å². The number of aryl methyl sites for hydroxylation is 1. The SMILES string of the molecule is CCC[n+]1c2ccccc2cc2[nH]c3ccccc3c21.[I-]. The fourth-order valence-electron chi connectivity index (χ4n) is 3.13. The first kappa shape index (κ1) is 14.3. The van der Waals surface area contributed by atoms with Gasteiger partial charge in [0.2, 0.25) is 11.0 Å². The minimum atomic E-state index is 0. The third kappa shape index (κ3) is 2.20. The molecule has 0 atom stereocenters. The lowest BCUT2D eigenvalue weighted by Gasteiger charge is -2.02. The van der Waals surface area contributed by atoms with Gasteiger partial charge in [-0.2, -0.15) is 4.57 Å². The molecule has 2 aromatic heterocycles. The van der Waals surface area contributed by atoms with E-state index < -0.39 is 0 Å². The van der Waals surface area contributed by atoms with E-state index >= 15 is 0 Å². The van der Waals surface area contributed by atoms with E-state index in [1.807, 2.05) is 0 Å². The fraction of sp³-hybridized carbons (Fsp3) is 0.167. The summed E-state index contributed by atoms with van der Waals surface area (Å²) >= 11 is 0. The molecule has 0 bridgehead atoms. The lowest BCUT2D eigenvalue weighted by Crippen LogP contribution is -3.00. The van der Waals surface area contributed by atoms with Crippen molar-refractivity contribution in [2.24, 2.45) is 0 Å². The minimum absolute atomic E-state index is 0. The molecule has 2 nitrogen and oxygen atoms in total. The Hall–Kier alpha value is -1.62. The number of nitrogens with one attached hydrogen (secondary N) is 1. The van der Waals surface area contributed by atoms with E-state index in [1.165, 1.54) is 32.8 Å². The zero-order chi connectivity index (χ0) is 13.5. The molecule has 0 amide bonds. The summed E-state index contributed by atoms with van der Waals surface area (Å²) in [5, 5.41) is 2.60. The van der Waals surface area contributed by atoms with E-state index in [1.54, 1.807) is 0 Å². The van der Waals surface area contributed by atoms with E-state index in [9.17, 15) is 0 Å². The average Bonchev–Trinajstić information content (AvgIpc) is 2.85. The number of rotatable bonds is 2. The van der Waals surface area contributed by atoms with Crippen LogP contribution in [0.15, 0.2) is 54.6 Å². The molecular weight excluding hydrogens is 371 g/mol. The maximum absolute atomic E-state index is 3.55. The van der Waals surface area contributed by atoms with Gasteiger partial charge in [0.05, 0.1) is 10.9 Å². The number of aromatic nitrogens is 2. The predicted octanol–water partition coefficient (Wildman–Crippen LogP) is 1.18. The van der Waals surface area contributed by atoms with Crippen molar-refractivity contribution in [1.29, 1.82) is 0 Å². The molecule has 0 spiro atoms. The molecule has 2 aromatic carbocycles. The van der Waals surface area contributed by atoms with Gasteiger partial charge >= 0.3 is 0 Å². The van der Waals surface area contributed by atoms with Crippen LogP contribution in [0.4, 0.5) is 0 Å². The first-order valence-electron chi connectivity index (χ1n) is 7.20. The summed E-state index contributed by atoms with van der Waals surface area (Å²) in [5.41, 5.74) is 5.06. The number of H-pyrrole nitrogens is 1. The summed E-state index contributed by atoms with van der Waals surface area (Å²) in [6.07, 6.45) is 1.13. The fourth-order valence-corrected chi connectivity index (χ4v) is 3.13. The van der Waals surface area contributed by atoms with Gasteiger partial charge in [0.1, 0.15) is 12.1 Å². The summed E-state index contributed by atoms with van der Waals surface area (Å²) < 4.78 is 2.45. The number of para-hydroxylation sites is 2. The first-order chi connectivity index (χ1) is 9.88. The van der Waals surface area contributed by atoms with Crippen LogP contribution in [0, 0.1) is 0 Å². The van der Waals surface area contributed by atoms with Gasteiger partial charge < -0.3 is 29.0 Å². The highest BCUT2D eigenvalue weighted by Crippen LogP contribution is 2.25. The van der Waals surface area contributed by atoms with Gasteiger partial charge in [-0.3, -0.25) is 0 Å². The second kappa shape index (κ2) is 5.64. The number of halogens is 1. The van der Waals surface area contributed by atoms with Crippen LogP contribution in [0.25, 0.3) is 32.8 Å². The molecular formula is C18H17IN2. The molecule has 0 unspecified atom stereocenters. The van der Waals surface area contributed by atoms with Crippen LogP contribution in [-0.4, -0.2) is 4.98 Å². The van der Waals surface area contributed by atoms with Crippen LogP contribution in [-0.2, 0) is 6.54 Å². The van der Waals surface area contributed by atoms with Crippen molar-refractivity contribution in [3.63, 3.8) is 0 Å². The number of pyridine rings is 1. The Labute approximate surface area is 140 Å². The Balaban J connectivity index is 0.00000132. The van der Waals surface area contributed by atoms with Gasteiger partial charge in [0.15, 0.2) is 0 Å². The van der Waals surface area contributed by atoms with Crippen molar-refractivity contribution in [2.45, 2.75) is 19.9 Å². The van der Waals surface area contributed by atoms with Crippen molar-refractivity contribution in [2.75, 3.05) is 0 Å². The standard InChI is InChI=1S/C18H16N2.HI/c1-2-11-20-17-10-6-3-7-13(17)12-16-18(20)14-8-4-5-9-15(14)19-16;/h3-10,12H,2,11H2,1H3;1H. The Morgan fingerprint density at radius 2 is 1.71 bits per heavy atom. The molecule has 0 saturated carbocycles. The molecule has 106 valence electrons. The Morgan fingerprint density at radius 3 is 2.57 bits per heavy atom. The lowest BCUT2D eigenvalue weighted by molar-refractivity contribution is -0.644. The van der Waals surface area contributed by atoms with Crippen molar-refractivity contribution in [1.82, 2.24) is 4.98 Å².